The Morgan fingerprint density at radius 1 is 1.50 bits per heavy atom. The molecule has 2 aromatic rings. The van der Waals surface area contributed by atoms with Gasteiger partial charge in [-0.05, 0) is 28.4 Å². The predicted molar refractivity (Wildman–Crippen MR) is 60.4 cm³/mol. The molecule has 0 atom stereocenters. The van der Waals surface area contributed by atoms with E-state index in [9.17, 15) is 4.79 Å². The summed E-state index contributed by atoms with van der Waals surface area (Å²) in [6.07, 6.45) is 2.39. The fourth-order valence-corrected chi connectivity index (χ4v) is 2.04. The number of halogens is 1. The van der Waals surface area contributed by atoms with E-state index in [0.717, 1.165) is 20.9 Å². The molecule has 3 heteroatoms. The number of Topliss-reactive ketones (excluding diaryl/α,β-unsaturated/α-hetero) is 1. The third-order valence-electron chi connectivity index (χ3n) is 2.19. The molecule has 14 heavy (non-hydrogen) atoms. The number of rotatable bonds is 2. The molecule has 72 valence electrons. The molecule has 2 nitrogen and oxygen atoms in total. The molecule has 0 aliphatic carbocycles. The minimum atomic E-state index is 0.184. The molecular weight excluding hydrogens is 242 g/mol. The van der Waals surface area contributed by atoms with Crippen LogP contribution < -0.4 is 0 Å². The molecule has 0 fully saturated rings. The van der Waals surface area contributed by atoms with Gasteiger partial charge in [0.15, 0.2) is 0 Å². The van der Waals surface area contributed by atoms with Gasteiger partial charge in [-0.15, -0.1) is 0 Å². The van der Waals surface area contributed by atoms with E-state index in [1.807, 2.05) is 24.4 Å². The number of aromatic amines is 1. The molecule has 1 aromatic carbocycles. The predicted octanol–water partition coefficient (Wildman–Crippen LogP) is 3.06. The first-order chi connectivity index (χ1) is 6.68. The van der Waals surface area contributed by atoms with Gasteiger partial charge in [0.25, 0.3) is 0 Å². The maximum absolute atomic E-state index is 11.0. The third-order valence-corrected chi connectivity index (χ3v) is 2.85. The zero-order valence-corrected chi connectivity index (χ0v) is 9.39. The number of para-hydroxylation sites is 1. The van der Waals surface area contributed by atoms with E-state index in [1.165, 1.54) is 0 Å². The minimum Gasteiger partial charge on any atom is -0.360 e. The van der Waals surface area contributed by atoms with Crippen molar-refractivity contribution in [2.24, 2.45) is 0 Å². The number of ketones is 1. The molecule has 1 N–H and O–H groups in total. The third kappa shape index (κ3) is 1.60. The molecule has 0 radical (unpaired) electrons. The number of carbonyl (C=O) groups is 1. The van der Waals surface area contributed by atoms with Gasteiger partial charge in [-0.1, -0.05) is 18.2 Å². The summed E-state index contributed by atoms with van der Waals surface area (Å²) < 4.78 is 1.04. The zero-order valence-electron chi connectivity index (χ0n) is 7.80. The van der Waals surface area contributed by atoms with Crippen molar-refractivity contribution in [2.45, 2.75) is 13.3 Å². The summed E-state index contributed by atoms with van der Waals surface area (Å²) in [4.78, 5) is 14.2. The molecule has 1 heterocycles. The van der Waals surface area contributed by atoms with Crippen LogP contribution in [0.1, 0.15) is 12.5 Å². The Morgan fingerprint density at radius 2 is 2.29 bits per heavy atom. The number of carbonyl (C=O) groups excluding carboxylic acids is 1. The summed E-state index contributed by atoms with van der Waals surface area (Å²) in [5.41, 5.74) is 2.11. The summed E-state index contributed by atoms with van der Waals surface area (Å²) in [5.74, 6) is 0.184. The molecule has 0 unspecified atom stereocenters. The Hall–Kier alpha value is -1.09. The van der Waals surface area contributed by atoms with Crippen molar-refractivity contribution in [1.29, 1.82) is 0 Å². The van der Waals surface area contributed by atoms with Gasteiger partial charge in [0.1, 0.15) is 5.78 Å². The zero-order chi connectivity index (χ0) is 10.1. The van der Waals surface area contributed by atoms with Gasteiger partial charge in [0.2, 0.25) is 0 Å². The van der Waals surface area contributed by atoms with Gasteiger partial charge in [0, 0.05) is 22.5 Å². The molecule has 0 spiro atoms. The first-order valence-corrected chi connectivity index (χ1v) is 5.21. The van der Waals surface area contributed by atoms with Gasteiger partial charge in [-0.3, -0.25) is 4.79 Å². The van der Waals surface area contributed by atoms with E-state index < -0.39 is 0 Å². The number of fused-ring (bicyclic) bond motifs is 1. The molecule has 0 aliphatic heterocycles. The van der Waals surface area contributed by atoms with Crippen LogP contribution in [0.15, 0.2) is 28.9 Å². The Bertz CT molecular complexity index is 487. The highest BCUT2D eigenvalue weighted by Crippen LogP contribution is 2.25. The van der Waals surface area contributed by atoms with Crippen LogP contribution in [0.4, 0.5) is 0 Å². The highest BCUT2D eigenvalue weighted by atomic mass is 79.9. The molecule has 1 aromatic heterocycles. The number of aromatic nitrogens is 1. The van der Waals surface area contributed by atoms with E-state index in [-0.39, 0.29) is 5.78 Å². The van der Waals surface area contributed by atoms with E-state index >= 15 is 0 Å². The average molecular weight is 252 g/mol. The van der Waals surface area contributed by atoms with E-state index in [2.05, 4.69) is 20.9 Å². The van der Waals surface area contributed by atoms with E-state index in [1.54, 1.807) is 6.92 Å². The van der Waals surface area contributed by atoms with Crippen molar-refractivity contribution in [3.63, 3.8) is 0 Å². The fraction of sp³-hybridized carbons (Fsp3) is 0.182. The number of benzene rings is 1. The van der Waals surface area contributed by atoms with Crippen LogP contribution in [-0.4, -0.2) is 10.8 Å². The van der Waals surface area contributed by atoms with Crippen molar-refractivity contribution >= 4 is 32.6 Å². The van der Waals surface area contributed by atoms with Crippen molar-refractivity contribution in [3.8, 4) is 0 Å². The highest BCUT2D eigenvalue weighted by Gasteiger charge is 2.06. The minimum absolute atomic E-state index is 0.184. The van der Waals surface area contributed by atoms with Crippen LogP contribution >= 0.6 is 15.9 Å². The van der Waals surface area contributed by atoms with Gasteiger partial charge in [-0.25, -0.2) is 0 Å². The smallest absolute Gasteiger partial charge is 0.134 e. The topological polar surface area (TPSA) is 32.9 Å². The van der Waals surface area contributed by atoms with Crippen LogP contribution in [0.2, 0.25) is 0 Å². The second-order valence-corrected chi connectivity index (χ2v) is 4.21. The van der Waals surface area contributed by atoms with Crippen LogP contribution in [0.5, 0.6) is 0 Å². The molecular formula is C11H10BrNO. The summed E-state index contributed by atoms with van der Waals surface area (Å²) in [6.45, 7) is 1.61. The molecule has 0 saturated heterocycles. The normalized spacial score (nSPS) is 10.7. The standard InChI is InChI=1S/C11H10BrNO/c1-7(14)5-8-3-2-4-9-10(12)6-13-11(8)9/h2-4,6,13H,5H2,1H3. The Labute approximate surface area is 90.4 Å². The molecule has 0 amide bonds. The van der Waals surface area contributed by atoms with Crippen LogP contribution in [0, 0.1) is 0 Å². The lowest BCUT2D eigenvalue weighted by Crippen LogP contribution is -1.96. The van der Waals surface area contributed by atoms with Crippen molar-refractivity contribution in [3.05, 3.63) is 34.4 Å². The summed E-state index contributed by atoms with van der Waals surface area (Å²) in [5, 5.41) is 1.13. The van der Waals surface area contributed by atoms with Crippen molar-refractivity contribution < 1.29 is 4.79 Å². The van der Waals surface area contributed by atoms with Gasteiger partial charge in [-0.2, -0.15) is 0 Å². The Kier molecular flexibility index (Phi) is 2.42. The lowest BCUT2D eigenvalue weighted by atomic mass is 10.1. The summed E-state index contributed by atoms with van der Waals surface area (Å²) in [6, 6.07) is 5.98. The maximum atomic E-state index is 11.0. The maximum Gasteiger partial charge on any atom is 0.134 e. The van der Waals surface area contributed by atoms with Crippen LogP contribution in [-0.2, 0) is 11.2 Å². The van der Waals surface area contributed by atoms with E-state index in [4.69, 9.17) is 0 Å². The second-order valence-electron chi connectivity index (χ2n) is 3.36. The SMILES string of the molecule is CC(=O)Cc1cccc2c(Br)c[nH]c12. The lowest BCUT2D eigenvalue weighted by molar-refractivity contribution is -0.116. The molecule has 0 saturated carbocycles. The number of H-pyrrole nitrogens is 1. The van der Waals surface area contributed by atoms with Crippen molar-refractivity contribution in [1.82, 2.24) is 4.98 Å². The van der Waals surface area contributed by atoms with Gasteiger partial charge < -0.3 is 4.98 Å². The summed E-state index contributed by atoms with van der Waals surface area (Å²) in [7, 11) is 0. The average Bonchev–Trinajstić information content (AvgIpc) is 2.49. The van der Waals surface area contributed by atoms with Crippen LogP contribution in [0.25, 0.3) is 10.9 Å². The second kappa shape index (κ2) is 3.58. The quantitative estimate of drug-likeness (QED) is 0.875. The van der Waals surface area contributed by atoms with Crippen molar-refractivity contribution in [2.75, 3.05) is 0 Å². The molecule has 0 bridgehead atoms. The largest absolute Gasteiger partial charge is 0.360 e. The van der Waals surface area contributed by atoms with E-state index in [0.29, 0.717) is 6.42 Å². The lowest BCUT2D eigenvalue weighted by Gasteiger charge is -1.99. The first kappa shape index (κ1) is 9.46. The Balaban J connectivity index is 2.59. The van der Waals surface area contributed by atoms with Crippen LogP contribution in [0.3, 0.4) is 0 Å². The number of nitrogens with one attached hydrogen (secondary N) is 1. The number of hydrogen-bond acceptors (Lipinski definition) is 1. The first-order valence-electron chi connectivity index (χ1n) is 4.42. The van der Waals surface area contributed by atoms with Gasteiger partial charge in [0.05, 0.1) is 5.52 Å². The molecule has 2 rings (SSSR count). The Morgan fingerprint density at radius 3 is 3.00 bits per heavy atom. The van der Waals surface area contributed by atoms with Gasteiger partial charge >= 0.3 is 0 Å². The highest BCUT2D eigenvalue weighted by molar-refractivity contribution is 9.10. The number of hydrogen-bond donors (Lipinski definition) is 1. The monoisotopic (exact) mass is 251 g/mol. The summed E-state index contributed by atoms with van der Waals surface area (Å²) >= 11 is 3.45. The fourth-order valence-electron chi connectivity index (χ4n) is 1.60. The molecule has 0 aliphatic rings.